The molecular formula is C12H21N3O2. The summed E-state index contributed by atoms with van der Waals surface area (Å²) >= 11 is 0. The highest BCUT2D eigenvalue weighted by Crippen LogP contribution is 2.38. The standard InChI is InChI=1S/C12H21N3O2/c1-8(2)10(13-6-3-7-16)12-14-11(15-17-12)9-4-5-9/h8-10,13,16H,3-7H2,1-2H3. The van der Waals surface area contributed by atoms with Crippen molar-refractivity contribution in [1.29, 1.82) is 0 Å². The summed E-state index contributed by atoms with van der Waals surface area (Å²) in [5.74, 6) is 2.45. The fourth-order valence-electron chi connectivity index (χ4n) is 1.83. The summed E-state index contributed by atoms with van der Waals surface area (Å²) in [6.07, 6.45) is 3.11. The molecule has 5 heteroatoms. The molecule has 1 heterocycles. The van der Waals surface area contributed by atoms with Crippen LogP contribution in [0, 0.1) is 5.92 Å². The van der Waals surface area contributed by atoms with Crippen molar-refractivity contribution in [3.63, 3.8) is 0 Å². The SMILES string of the molecule is CC(C)C(NCCCO)c1nc(C2CC2)no1. The van der Waals surface area contributed by atoms with Crippen molar-refractivity contribution < 1.29 is 9.63 Å². The topological polar surface area (TPSA) is 71.2 Å². The lowest BCUT2D eigenvalue weighted by atomic mass is 10.0. The third-order valence-corrected chi connectivity index (χ3v) is 3.03. The van der Waals surface area contributed by atoms with Crippen LogP contribution in [-0.4, -0.2) is 28.4 Å². The molecule has 2 N–H and O–H groups in total. The fourth-order valence-corrected chi connectivity index (χ4v) is 1.83. The van der Waals surface area contributed by atoms with Gasteiger partial charge in [0.1, 0.15) is 0 Å². The van der Waals surface area contributed by atoms with Crippen LogP contribution in [0.4, 0.5) is 0 Å². The molecule has 96 valence electrons. The van der Waals surface area contributed by atoms with Crippen LogP contribution in [0.15, 0.2) is 4.52 Å². The van der Waals surface area contributed by atoms with Crippen molar-refractivity contribution >= 4 is 0 Å². The number of nitrogens with one attached hydrogen (secondary N) is 1. The fraction of sp³-hybridized carbons (Fsp3) is 0.833. The monoisotopic (exact) mass is 239 g/mol. The van der Waals surface area contributed by atoms with Crippen molar-refractivity contribution in [2.75, 3.05) is 13.2 Å². The van der Waals surface area contributed by atoms with E-state index in [2.05, 4.69) is 29.3 Å². The van der Waals surface area contributed by atoms with Gasteiger partial charge in [0.2, 0.25) is 5.89 Å². The number of aliphatic hydroxyl groups excluding tert-OH is 1. The number of aromatic nitrogens is 2. The molecular weight excluding hydrogens is 218 g/mol. The van der Waals surface area contributed by atoms with Gasteiger partial charge in [0.15, 0.2) is 5.82 Å². The maximum atomic E-state index is 8.78. The molecule has 1 aliphatic carbocycles. The van der Waals surface area contributed by atoms with Crippen molar-refractivity contribution in [3.05, 3.63) is 11.7 Å². The number of hydrogen-bond donors (Lipinski definition) is 2. The van der Waals surface area contributed by atoms with E-state index in [0.717, 1.165) is 18.8 Å². The smallest absolute Gasteiger partial charge is 0.244 e. The van der Waals surface area contributed by atoms with Crippen molar-refractivity contribution in [1.82, 2.24) is 15.5 Å². The van der Waals surface area contributed by atoms with Crippen molar-refractivity contribution in [2.24, 2.45) is 5.92 Å². The Kier molecular flexibility index (Phi) is 4.12. The summed E-state index contributed by atoms with van der Waals surface area (Å²) in [5, 5.41) is 16.2. The molecule has 0 radical (unpaired) electrons. The Morgan fingerprint density at radius 1 is 1.47 bits per heavy atom. The summed E-state index contributed by atoms with van der Waals surface area (Å²) in [6.45, 7) is 5.21. The molecule has 1 atom stereocenters. The molecule has 1 aromatic rings. The number of aliphatic hydroxyl groups is 1. The van der Waals surface area contributed by atoms with Gasteiger partial charge in [-0.05, 0) is 31.7 Å². The maximum Gasteiger partial charge on any atom is 0.244 e. The molecule has 5 nitrogen and oxygen atoms in total. The molecule has 0 aliphatic heterocycles. The first-order valence-corrected chi connectivity index (χ1v) is 6.40. The van der Waals surface area contributed by atoms with Gasteiger partial charge in [0, 0.05) is 12.5 Å². The predicted molar refractivity (Wildman–Crippen MR) is 63.6 cm³/mol. The number of hydrogen-bond acceptors (Lipinski definition) is 5. The molecule has 1 aromatic heterocycles. The second-order valence-electron chi connectivity index (χ2n) is 5.02. The summed E-state index contributed by atoms with van der Waals surface area (Å²) < 4.78 is 5.33. The minimum Gasteiger partial charge on any atom is -0.396 e. The van der Waals surface area contributed by atoms with E-state index in [9.17, 15) is 0 Å². The molecule has 1 saturated carbocycles. The zero-order valence-electron chi connectivity index (χ0n) is 10.5. The van der Waals surface area contributed by atoms with E-state index in [0.29, 0.717) is 17.7 Å². The molecule has 1 fully saturated rings. The highest BCUT2D eigenvalue weighted by atomic mass is 16.5. The van der Waals surface area contributed by atoms with E-state index in [1.807, 2.05) is 0 Å². The maximum absolute atomic E-state index is 8.78. The molecule has 0 saturated heterocycles. The molecule has 1 aliphatic rings. The van der Waals surface area contributed by atoms with Gasteiger partial charge in [0.05, 0.1) is 6.04 Å². The van der Waals surface area contributed by atoms with Crippen LogP contribution < -0.4 is 5.32 Å². The number of nitrogens with zero attached hydrogens (tertiary/aromatic N) is 2. The van der Waals surface area contributed by atoms with Gasteiger partial charge >= 0.3 is 0 Å². The van der Waals surface area contributed by atoms with Gasteiger partial charge in [-0.2, -0.15) is 4.98 Å². The second kappa shape index (κ2) is 5.60. The van der Waals surface area contributed by atoms with Crippen LogP contribution in [-0.2, 0) is 0 Å². The minimum atomic E-state index is 0.0848. The second-order valence-corrected chi connectivity index (χ2v) is 5.02. The van der Waals surface area contributed by atoms with Crippen LogP contribution in [0.1, 0.15) is 56.8 Å². The predicted octanol–water partition coefficient (Wildman–Crippen LogP) is 1.62. The lowest BCUT2D eigenvalue weighted by Gasteiger charge is -2.18. The van der Waals surface area contributed by atoms with Gasteiger partial charge in [-0.25, -0.2) is 0 Å². The zero-order valence-corrected chi connectivity index (χ0v) is 10.5. The van der Waals surface area contributed by atoms with E-state index < -0.39 is 0 Å². The normalized spacial score (nSPS) is 17.6. The van der Waals surface area contributed by atoms with Gasteiger partial charge in [-0.1, -0.05) is 19.0 Å². The van der Waals surface area contributed by atoms with E-state index >= 15 is 0 Å². The van der Waals surface area contributed by atoms with Crippen molar-refractivity contribution in [2.45, 2.75) is 45.1 Å². The molecule has 0 aromatic carbocycles. The van der Waals surface area contributed by atoms with Gasteiger partial charge in [-0.3, -0.25) is 0 Å². The van der Waals surface area contributed by atoms with Crippen LogP contribution in [0.3, 0.4) is 0 Å². The molecule has 0 bridgehead atoms. The number of rotatable bonds is 7. The van der Waals surface area contributed by atoms with Crippen LogP contribution in [0.5, 0.6) is 0 Å². The Morgan fingerprint density at radius 2 is 2.24 bits per heavy atom. The Hall–Kier alpha value is -0.940. The third-order valence-electron chi connectivity index (χ3n) is 3.03. The summed E-state index contributed by atoms with van der Waals surface area (Å²) in [7, 11) is 0. The third kappa shape index (κ3) is 3.26. The minimum absolute atomic E-state index is 0.0848. The Morgan fingerprint density at radius 3 is 2.82 bits per heavy atom. The van der Waals surface area contributed by atoms with Crippen LogP contribution in [0.25, 0.3) is 0 Å². The van der Waals surface area contributed by atoms with E-state index in [1.54, 1.807) is 0 Å². The largest absolute Gasteiger partial charge is 0.396 e. The van der Waals surface area contributed by atoms with Crippen LogP contribution in [0.2, 0.25) is 0 Å². The molecule has 0 amide bonds. The molecule has 2 rings (SSSR count). The molecule has 1 unspecified atom stereocenters. The zero-order chi connectivity index (χ0) is 12.3. The van der Waals surface area contributed by atoms with Gasteiger partial charge in [0.25, 0.3) is 0 Å². The summed E-state index contributed by atoms with van der Waals surface area (Å²) in [5.41, 5.74) is 0. The summed E-state index contributed by atoms with van der Waals surface area (Å²) in [6, 6.07) is 0.0848. The lowest BCUT2D eigenvalue weighted by Crippen LogP contribution is -2.27. The lowest BCUT2D eigenvalue weighted by molar-refractivity contribution is 0.260. The van der Waals surface area contributed by atoms with Gasteiger partial charge < -0.3 is 14.9 Å². The quantitative estimate of drug-likeness (QED) is 0.707. The van der Waals surface area contributed by atoms with E-state index in [1.165, 1.54) is 12.8 Å². The van der Waals surface area contributed by atoms with Gasteiger partial charge in [-0.15, -0.1) is 0 Å². The Bertz CT molecular complexity index is 347. The first-order chi connectivity index (χ1) is 8.22. The first-order valence-electron chi connectivity index (χ1n) is 6.40. The van der Waals surface area contributed by atoms with Crippen LogP contribution >= 0.6 is 0 Å². The molecule has 0 spiro atoms. The first kappa shape index (κ1) is 12.5. The molecule has 17 heavy (non-hydrogen) atoms. The Balaban J connectivity index is 1.97. The van der Waals surface area contributed by atoms with E-state index in [-0.39, 0.29) is 12.6 Å². The van der Waals surface area contributed by atoms with E-state index in [4.69, 9.17) is 9.63 Å². The highest BCUT2D eigenvalue weighted by molar-refractivity contribution is 5.05. The average molecular weight is 239 g/mol. The average Bonchev–Trinajstić information content (AvgIpc) is 3.04. The Labute approximate surface area is 102 Å². The highest BCUT2D eigenvalue weighted by Gasteiger charge is 2.30. The summed E-state index contributed by atoms with van der Waals surface area (Å²) in [4.78, 5) is 4.47. The van der Waals surface area contributed by atoms with Crippen molar-refractivity contribution in [3.8, 4) is 0 Å².